The van der Waals surface area contributed by atoms with Gasteiger partial charge in [0.1, 0.15) is 11.8 Å². The van der Waals surface area contributed by atoms with Gasteiger partial charge in [-0.3, -0.25) is 9.69 Å². The lowest BCUT2D eigenvalue weighted by atomic mass is 9.85. The van der Waals surface area contributed by atoms with Gasteiger partial charge in [0, 0.05) is 16.5 Å². The van der Waals surface area contributed by atoms with Crippen LogP contribution in [-0.4, -0.2) is 40.3 Å². The molecule has 1 aliphatic carbocycles. The number of carboxylic acid groups (broad SMARTS) is 1. The largest absolute Gasteiger partial charge is 0.496 e. The molecule has 1 fully saturated rings. The van der Waals surface area contributed by atoms with Crippen molar-refractivity contribution in [3.8, 4) is 5.75 Å². The van der Waals surface area contributed by atoms with E-state index in [2.05, 4.69) is 10.1 Å². The Morgan fingerprint density at radius 2 is 2.28 bits per heavy atom. The summed E-state index contributed by atoms with van der Waals surface area (Å²) in [5.74, 6) is 0.908. The molecule has 1 saturated carbocycles. The number of carboxylic acids is 1. The second-order valence-electron chi connectivity index (χ2n) is 6.22. The van der Waals surface area contributed by atoms with Gasteiger partial charge < -0.3 is 14.4 Å². The van der Waals surface area contributed by atoms with Crippen molar-refractivity contribution in [3.63, 3.8) is 0 Å². The average molecular weight is 366 g/mol. The quantitative estimate of drug-likeness (QED) is 0.805. The third-order valence-corrected chi connectivity index (χ3v) is 4.73. The molecule has 1 aromatic heterocycles. The minimum Gasteiger partial charge on any atom is -0.496 e. The SMILES string of the molecule is COc1ccc(Cl)cc1C(C(=O)O)N(C)Cc1noc(C2CCC2)n1. The summed E-state index contributed by atoms with van der Waals surface area (Å²) < 4.78 is 10.6. The van der Waals surface area contributed by atoms with E-state index in [-0.39, 0.29) is 6.54 Å². The van der Waals surface area contributed by atoms with Crippen molar-refractivity contribution >= 4 is 17.6 Å². The Morgan fingerprint density at radius 1 is 1.52 bits per heavy atom. The highest BCUT2D eigenvalue weighted by Gasteiger charge is 2.30. The number of aliphatic carboxylic acids is 1. The molecule has 1 aliphatic rings. The average Bonchev–Trinajstić information content (AvgIpc) is 2.93. The third-order valence-electron chi connectivity index (χ3n) is 4.49. The van der Waals surface area contributed by atoms with Crippen LogP contribution in [-0.2, 0) is 11.3 Å². The highest BCUT2D eigenvalue weighted by molar-refractivity contribution is 6.30. The molecule has 8 heteroatoms. The Bertz CT molecular complexity index is 760. The highest BCUT2D eigenvalue weighted by atomic mass is 35.5. The maximum absolute atomic E-state index is 11.9. The van der Waals surface area contributed by atoms with Gasteiger partial charge >= 0.3 is 5.97 Å². The molecule has 2 aromatic rings. The first-order valence-corrected chi connectivity index (χ1v) is 8.46. The van der Waals surface area contributed by atoms with E-state index >= 15 is 0 Å². The van der Waals surface area contributed by atoms with Crippen LogP contribution in [0.4, 0.5) is 0 Å². The molecule has 1 atom stereocenters. The molecule has 0 amide bonds. The van der Waals surface area contributed by atoms with E-state index in [1.807, 2.05) is 0 Å². The third kappa shape index (κ3) is 3.77. The predicted molar refractivity (Wildman–Crippen MR) is 90.7 cm³/mol. The normalized spacial score (nSPS) is 15.8. The molecule has 1 heterocycles. The number of hydrogen-bond donors (Lipinski definition) is 1. The fraction of sp³-hybridized carbons (Fsp3) is 0.471. The zero-order valence-electron chi connectivity index (χ0n) is 14.1. The predicted octanol–water partition coefficient (Wildman–Crippen LogP) is 3.26. The molecule has 0 bridgehead atoms. The van der Waals surface area contributed by atoms with Crippen molar-refractivity contribution in [3.05, 3.63) is 40.5 Å². The zero-order chi connectivity index (χ0) is 18.0. The lowest BCUT2D eigenvalue weighted by molar-refractivity contribution is -0.143. The molecule has 0 spiro atoms. The first-order valence-electron chi connectivity index (χ1n) is 8.08. The summed E-state index contributed by atoms with van der Waals surface area (Å²) in [5.41, 5.74) is 0.479. The summed E-state index contributed by atoms with van der Waals surface area (Å²) in [7, 11) is 3.19. The fourth-order valence-electron chi connectivity index (χ4n) is 2.94. The summed E-state index contributed by atoms with van der Waals surface area (Å²) >= 11 is 6.04. The zero-order valence-corrected chi connectivity index (χ0v) is 14.9. The molecule has 0 saturated heterocycles. The first kappa shape index (κ1) is 17.7. The maximum atomic E-state index is 11.9. The van der Waals surface area contributed by atoms with Crippen molar-refractivity contribution in [1.29, 1.82) is 0 Å². The van der Waals surface area contributed by atoms with Gasteiger partial charge in [0.15, 0.2) is 5.82 Å². The van der Waals surface area contributed by atoms with E-state index < -0.39 is 12.0 Å². The number of benzene rings is 1. The summed E-state index contributed by atoms with van der Waals surface area (Å²) in [5, 5.41) is 14.1. The van der Waals surface area contributed by atoms with E-state index in [0.29, 0.717) is 34.0 Å². The van der Waals surface area contributed by atoms with E-state index in [4.69, 9.17) is 20.9 Å². The molecule has 1 aromatic carbocycles. The molecule has 0 radical (unpaired) electrons. The van der Waals surface area contributed by atoms with Gasteiger partial charge in [-0.1, -0.05) is 23.2 Å². The molecule has 3 rings (SSSR count). The second-order valence-corrected chi connectivity index (χ2v) is 6.66. The van der Waals surface area contributed by atoms with E-state index in [0.717, 1.165) is 12.8 Å². The number of ether oxygens (including phenoxy) is 1. The Kier molecular flexibility index (Phi) is 5.24. The van der Waals surface area contributed by atoms with Gasteiger partial charge in [-0.2, -0.15) is 4.98 Å². The van der Waals surface area contributed by atoms with Crippen LogP contribution in [0.5, 0.6) is 5.75 Å². The monoisotopic (exact) mass is 365 g/mol. The molecular weight excluding hydrogens is 346 g/mol. The maximum Gasteiger partial charge on any atom is 0.325 e. The van der Waals surface area contributed by atoms with Crippen LogP contribution in [0.3, 0.4) is 0 Å². The molecule has 1 N–H and O–H groups in total. The Labute approximate surface area is 150 Å². The Hall–Kier alpha value is -2.12. The number of likely N-dealkylation sites (N-methyl/N-ethyl adjacent to an activating group) is 1. The second kappa shape index (κ2) is 7.41. The standard InChI is InChI=1S/C17H20ClN3O4/c1-21(9-14-19-16(25-20-14)10-4-3-5-10)15(17(22)23)12-8-11(18)6-7-13(12)24-2/h6-8,10,15H,3-5,9H2,1-2H3,(H,22,23). The summed E-state index contributed by atoms with van der Waals surface area (Å²) in [6.07, 6.45) is 3.31. The van der Waals surface area contributed by atoms with Crippen molar-refractivity contribution < 1.29 is 19.2 Å². The molecule has 7 nitrogen and oxygen atoms in total. The summed E-state index contributed by atoms with van der Waals surface area (Å²) in [6.45, 7) is 0.239. The van der Waals surface area contributed by atoms with E-state index in [9.17, 15) is 9.90 Å². The van der Waals surface area contributed by atoms with E-state index in [1.165, 1.54) is 13.5 Å². The van der Waals surface area contributed by atoms with Crippen LogP contribution in [0.2, 0.25) is 5.02 Å². The van der Waals surface area contributed by atoms with Gasteiger partial charge in [-0.25, -0.2) is 0 Å². The summed E-state index contributed by atoms with van der Waals surface area (Å²) in [6, 6.07) is 3.97. The van der Waals surface area contributed by atoms with Crippen LogP contribution >= 0.6 is 11.6 Å². The molecular formula is C17H20ClN3O4. The van der Waals surface area contributed by atoms with Crippen LogP contribution in [0.25, 0.3) is 0 Å². The Morgan fingerprint density at radius 3 is 2.88 bits per heavy atom. The Balaban J connectivity index is 1.81. The van der Waals surface area contributed by atoms with Crippen LogP contribution in [0, 0.1) is 0 Å². The van der Waals surface area contributed by atoms with Gasteiger partial charge in [0.25, 0.3) is 0 Å². The number of methoxy groups -OCH3 is 1. The minimum absolute atomic E-state index is 0.239. The van der Waals surface area contributed by atoms with Crippen molar-refractivity contribution in [2.45, 2.75) is 37.8 Å². The number of nitrogens with zero attached hydrogens (tertiary/aromatic N) is 3. The fourth-order valence-corrected chi connectivity index (χ4v) is 3.13. The lowest BCUT2D eigenvalue weighted by Crippen LogP contribution is -2.31. The smallest absolute Gasteiger partial charge is 0.325 e. The van der Waals surface area contributed by atoms with Gasteiger partial charge in [0.2, 0.25) is 5.89 Å². The van der Waals surface area contributed by atoms with Gasteiger partial charge in [0.05, 0.1) is 13.7 Å². The molecule has 25 heavy (non-hydrogen) atoms. The lowest BCUT2D eigenvalue weighted by Gasteiger charge is -2.25. The minimum atomic E-state index is -1.01. The van der Waals surface area contributed by atoms with Crippen molar-refractivity contribution in [2.24, 2.45) is 0 Å². The summed E-state index contributed by atoms with van der Waals surface area (Å²) in [4.78, 5) is 17.9. The first-order chi connectivity index (χ1) is 12.0. The number of hydrogen-bond acceptors (Lipinski definition) is 6. The van der Waals surface area contributed by atoms with Gasteiger partial charge in [-0.15, -0.1) is 0 Å². The molecule has 0 aliphatic heterocycles. The van der Waals surface area contributed by atoms with Crippen LogP contribution in [0.1, 0.15) is 48.5 Å². The van der Waals surface area contributed by atoms with Crippen molar-refractivity contribution in [1.82, 2.24) is 15.0 Å². The van der Waals surface area contributed by atoms with Gasteiger partial charge in [-0.05, 0) is 38.1 Å². The number of carbonyl (C=O) groups is 1. The van der Waals surface area contributed by atoms with Crippen LogP contribution in [0.15, 0.2) is 22.7 Å². The number of rotatable bonds is 7. The van der Waals surface area contributed by atoms with E-state index in [1.54, 1.807) is 30.1 Å². The number of halogens is 1. The topological polar surface area (TPSA) is 88.7 Å². The van der Waals surface area contributed by atoms with Crippen molar-refractivity contribution in [2.75, 3.05) is 14.2 Å². The highest BCUT2D eigenvalue weighted by Crippen LogP contribution is 2.36. The number of aromatic nitrogens is 2. The molecule has 134 valence electrons. The molecule has 1 unspecified atom stereocenters. The van der Waals surface area contributed by atoms with Crippen LogP contribution < -0.4 is 4.74 Å².